The van der Waals surface area contributed by atoms with E-state index in [1.807, 2.05) is 0 Å². The van der Waals surface area contributed by atoms with Crippen molar-refractivity contribution in [1.29, 1.82) is 0 Å². The highest BCUT2D eigenvalue weighted by molar-refractivity contribution is 6.93. The monoisotopic (exact) mass is 674 g/mol. The van der Waals surface area contributed by atoms with Crippen molar-refractivity contribution >= 4 is 72.9 Å². The predicted molar refractivity (Wildman–Crippen MR) is 221 cm³/mol. The van der Waals surface area contributed by atoms with Crippen LogP contribution >= 0.6 is 0 Å². The first-order valence-electron chi connectivity index (χ1n) is 18.4. The maximum Gasteiger partial charge on any atom is 0.333 e. The van der Waals surface area contributed by atoms with Gasteiger partial charge in [0.15, 0.2) is 0 Å². The van der Waals surface area contributed by atoms with E-state index >= 15 is 0 Å². The molecule has 4 heteroatoms. The van der Waals surface area contributed by atoms with Gasteiger partial charge in [-0.25, -0.2) is 0 Å². The summed E-state index contributed by atoms with van der Waals surface area (Å²) < 4.78 is 9.18. The van der Waals surface area contributed by atoms with E-state index in [1.54, 1.807) is 0 Å². The number of hydrogen-bond acceptors (Lipinski definition) is 2. The lowest BCUT2D eigenvalue weighted by atomic mass is 9.43. The summed E-state index contributed by atoms with van der Waals surface area (Å²) in [6.07, 6.45) is 0. The van der Waals surface area contributed by atoms with Crippen molar-refractivity contribution in [3.05, 3.63) is 199 Å². The number of fused-ring (bicyclic) bond motifs is 11. The highest BCUT2D eigenvalue weighted by Gasteiger charge is 2.45. The lowest BCUT2D eigenvalue weighted by Gasteiger charge is -2.42. The van der Waals surface area contributed by atoms with Crippen LogP contribution in [0.15, 0.2) is 186 Å². The molecule has 0 unspecified atom stereocenters. The van der Waals surface area contributed by atoms with Crippen molar-refractivity contribution in [3.8, 4) is 16.8 Å². The molecule has 3 nitrogen and oxygen atoms in total. The minimum atomic E-state index is -0.0491. The smallest absolute Gasteiger partial charge is 0.333 e. The van der Waals surface area contributed by atoms with Gasteiger partial charge in [0.05, 0.1) is 11.0 Å². The number of benzene rings is 8. The average molecular weight is 675 g/mol. The molecule has 0 bridgehead atoms. The minimum Gasteiger partial charge on any atom is -0.456 e. The van der Waals surface area contributed by atoms with Crippen molar-refractivity contribution in [2.24, 2.45) is 0 Å². The third-order valence-electron chi connectivity index (χ3n) is 11.7. The molecule has 0 saturated heterocycles. The molecule has 246 valence electrons. The Bertz CT molecular complexity index is 3030. The van der Waals surface area contributed by atoms with E-state index in [0.29, 0.717) is 0 Å². The van der Waals surface area contributed by atoms with Gasteiger partial charge in [-0.2, -0.15) is 0 Å². The fourth-order valence-electron chi connectivity index (χ4n) is 9.58. The number of hydrogen-bond donors (Lipinski definition) is 0. The first-order chi connectivity index (χ1) is 26.3. The standard InChI is InChI=1S/C49H31BN2O/c1-4-16-31(17-5-1)46(32-18-6-2-7-19-32)39-28-38-36-30-45-37(34-22-11-15-27-44(34)53-45)29-43(36)52(33-20-8-3-9-21-33)50-40-24-12-14-26-42(40)51-41-25-13-10-23-35(41)47(39)49(51)48(38)50/h1-30,46H. The SMILES string of the molecule is c1ccc(C(c2ccccc2)c2cc3c4c5c2c2ccccc2n5-c2ccccc2B4N(c2ccccc2)c2cc4c(cc2-3)oc2ccccc24)cc1. The fourth-order valence-corrected chi connectivity index (χ4v) is 9.58. The molecule has 0 N–H and O–H groups in total. The Labute approximate surface area is 307 Å². The third kappa shape index (κ3) is 3.95. The minimum absolute atomic E-state index is 0.0168. The van der Waals surface area contributed by atoms with E-state index in [4.69, 9.17) is 4.42 Å². The Morgan fingerprint density at radius 3 is 1.91 bits per heavy atom. The lowest BCUT2D eigenvalue weighted by molar-refractivity contribution is 0.669. The Kier molecular flexibility index (Phi) is 5.92. The van der Waals surface area contributed by atoms with E-state index in [2.05, 4.69) is 191 Å². The van der Waals surface area contributed by atoms with Crippen LogP contribution in [0.2, 0.25) is 0 Å². The fraction of sp³-hybridized carbons (Fsp3) is 0.0204. The topological polar surface area (TPSA) is 21.3 Å². The van der Waals surface area contributed by atoms with Crippen LogP contribution in [0.5, 0.6) is 0 Å². The molecular formula is C49H31BN2O. The first-order valence-corrected chi connectivity index (χ1v) is 18.4. The Balaban J connectivity index is 1.31. The molecule has 0 aliphatic carbocycles. The van der Waals surface area contributed by atoms with Gasteiger partial charge in [-0.05, 0) is 81.7 Å². The average Bonchev–Trinajstić information content (AvgIpc) is 3.77. The molecule has 10 aromatic rings. The van der Waals surface area contributed by atoms with Crippen molar-refractivity contribution in [1.82, 2.24) is 4.57 Å². The van der Waals surface area contributed by atoms with E-state index in [9.17, 15) is 0 Å². The molecule has 8 aromatic carbocycles. The number of nitrogens with zero attached hydrogens (tertiary/aromatic N) is 2. The van der Waals surface area contributed by atoms with Crippen LogP contribution in [0, 0.1) is 0 Å². The molecule has 0 fully saturated rings. The molecule has 2 aliphatic heterocycles. The van der Waals surface area contributed by atoms with Crippen LogP contribution in [0.1, 0.15) is 22.6 Å². The Morgan fingerprint density at radius 2 is 1.13 bits per heavy atom. The predicted octanol–water partition coefficient (Wildman–Crippen LogP) is 11.1. The number of para-hydroxylation sites is 4. The summed E-state index contributed by atoms with van der Waals surface area (Å²) in [7, 11) is 0. The Morgan fingerprint density at radius 1 is 0.491 bits per heavy atom. The summed E-state index contributed by atoms with van der Waals surface area (Å²) in [5, 5.41) is 4.86. The van der Waals surface area contributed by atoms with Gasteiger partial charge in [-0.3, -0.25) is 0 Å². The van der Waals surface area contributed by atoms with Crippen molar-refractivity contribution in [3.63, 3.8) is 0 Å². The summed E-state index contributed by atoms with van der Waals surface area (Å²) in [6.45, 7) is -0.0491. The van der Waals surface area contributed by atoms with E-state index < -0.39 is 0 Å². The quantitative estimate of drug-likeness (QED) is 0.137. The van der Waals surface area contributed by atoms with Gasteiger partial charge >= 0.3 is 6.85 Å². The summed E-state index contributed by atoms with van der Waals surface area (Å²) in [5.74, 6) is 0.0168. The molecule has 0 amide bonds. The second kappa shape index (κ2) is 10.9. The summed E-state index contributed by atoms with van der Waals surface area (Å²) in [5.41, 5.74) is 16.9. The zero-order valence-corrected chi connectivity index (χ0v) is 28.8. The van der Waals surface area contributed by atoms with Gasteiger partial charge in [-0.1, -0.05) is 133 Å². The molecule has 0 radical (unpaired) electrons. The van der Waals surface area contributed by atoms with Gasteiger partial charge in [0, 0.05) is 50.1 Å². The summed E-state index contributed by atoms with van der Waals surface area (Å²) in [4.78, 5) is 2.59. The van der Waals surface area contributed by atoms with Crippen LogP contribution in [0.4, 0.5) is 11.4 Å². The number of anilines is 2. The second-order valence-electron chi connectivity index (χ2n) is 14.4. The number of furan rings is 1. The maximum absolute atomic E-state index is 6.62. The first kappa shape index (κ1) is 28.9. The van der Waals surface area contributed by atoms with E-state index in [0.717, 1.165) is 21.9 Å². The normalized spacial score (nSPS) is 13.0. The van der Waals surface area contributed by atoms with Gasteiger partial charge in [0.25, 0.3) is 0 Å². The van der Waals surface area contributed by atoms with Crippen LogP contribution in [-0.2, 0) is 0 Å². The third-order valence-corrected chi connectivity index (χ3v) is 11.7. The zero-order valence-electron chi connectivity index (χ0n) is 28.8. The molecule has 2 aromatic heterocycles. The largest absolute Gasteiger partial charge is 0.456 e. The molecule has 12 rings (SSSR count). The zero-order chi connectivity index (χ0) is 34.6. The number of rotatable bonds is 4. The molecule has 53 heavy (non-hydrogen) atoms. The second-order valence-corrected chi connectivity index (χ2v) is 14.4. The molecule has 0 spiro atoms. The highest BCUT2D eigenvalue weighted by atomic mass is 16.3. The van der Waals surface area contributed by atoms with Crippen molar-refractivity contribution in [2.45, 2.75) is 5.92 Å². The van der Waals surface area contributed by atoms with Crippen molar-refractivity contribution < 1.29 is 4.42 Å². The number of aromatic nitrogens is 1. The highest BCUT2D eigenvalue weighted by Crippen LogP contribution is 2.50. The lowest BCUT2D eigenvalue weighted by Crippen LogP contribution is -2.60. The Hall–Kier alpha value is -6.78. The molecule has 0 saturated carbocycles. The molecule has 4 heterocycles. The van der Waals surface area contributed by atoms with Crippen LogP contribution < -0.4 is 15.7 Å². The van der Waals surface area contributed by atoms with Crippen LogP contribution in [-0.4, -0.2) is 11.4 Å². The summed E-state index contributed by atoms with van der Waals surface area (Å²) in [6, 6.07) is 66.7. The van der Waals surface area contributed by atoms with Gasteiger partial charge in [-0.15, -0.1) is 0 Å². The summed E-state index contributed by atoms with van der Waals surface area (Å²) >= 11 is 0. The van der Waals surface area contributed by atoms with Gasteiger partial charge in [0.1, 0.15) is 11.2 Å². The van der Waals surface area contributed by atoms with Crippen LogP contribution in [0.25, 0.3) is 60.6 Å². The molecule has 2 aliphatic rings. The maximum atomic E-state index is 6.62. The molecular weight excluding hydrogens is 643 g/mol. The van der Waals surface area contributed by atoms with E-state index in [-0.39, 0.29) is 12.8 Å². The van der Waals surface area contributed by atoms with E-state index in [1.165, 1.54) is 77.6 Å². The van der Waals surface area contributed by atoms with Crippen molar-refractivity contribution in [2.75, 3.05) is 4.81 Å². The van der Waals surface area contributed by atoms with Gasteiger partial charge < -0.3 is 13.8 Å². The molecule has 0 atom stereocenters. The van der Waals surface area contributed by atoms with Crippen LogP contribution in [0.3, 0.4) is 0 Å². The van der Waals surface area contributed by atoms with Gasteiger partial charge in [0.2, 0.25) is 0 Å².